The fourth-order valence-electron chi connectivity index (χ4n) is 2.42. The topological polar surface area (TPSA) is 24.5 Å². The lowest BCUT2D eigenvalue weighted by Crippen LogP contribution is -2.55. The van der Waals surface area contributed by atoms with Crippen molar-refractivity contribution >= 4 is 0 Å². The van der Waals surface area contributed by atoms with E-state index in [1.807, 2.05) is 0 Å². The zero-order valence-electron chi connectivity index (χ0n) is 13.1. The van der Waals surface area contributed by atoms with Crippen LogP contribution in [0.5, 0.6) is 0 Å². The summed E-state index contributed by atoms with van der Waals surface area (Å²) < 4.78 is 5.71. The molecule has 0 aliphatic carbocycles. The first-order valence-electron chi connectivity index (χ1n) is 7.43. The number of hydrogen-bond acceptors (Lipinski definition) is 3. The van der Waals surface area contributed by atoms with Gasteiger partial charge in [-0.05, 0) is 32.2 Å². The van der Waals surface area contributed by atoms with Crippen molar-refractivity contribution in [2.24, 2.45) is 5.41 Å². The highest BCUT2D eigenvalue weighted by Gasteiger charge is 2.30. The van der Waals surface area contributed by atoms with E-state index >= 15 is 0 Å². The molecule has 0 radical (unpaired) electrons. The van der Waals surface area contributed by atoms with Gasteiger partial charge in [0.2, 0.25) is 0 Å². The van der Waals surface area contributed by atoms with E-state index in [-0.39, 0.29) is 0 Å². The van der Waals surface area contributed by atoms with Crippen LogP contribution in [-0.2, 0) is 4.74 Å². The Morgan fingerprint density at radius 3 is 2.56 bits per heavy atom. The summed E-state index contributed by atoms with van der Waals surface area (Å²) in [5.41, 5.74) is 0.302. The van der Waals surface area contributed by atoms with Crippen LogP contribution in [-0.4, -0.2) is 49.3 Å². The highest BCUT2D eigenvalue weighted by molar-refractivity contribution is 4.86. The van der Waals surface area contributed by atoms with Crippen molar-refractivity contribution in [2.45, 2.75) is 66.2 Å². The minimum Gasteiger partial charge on any atom is -0.376 e. The van der Waals surface area contributed by atoms with Gasteiger partial charge >= 0.3 is 0 Å². The lowest BCUT2D eigenvalue weighted by atomic mass is 9.86. The monoisotopic (exact) mass is 256 g/mol. The molecule has 18 heavy (non-hydrogen) atoms. The van der Waals surface area contributed by atoms with Gasteiger partial charge in [0.1, 0.15) is 0 Å². The van der Waals surface area contributed by atoms with Crippen molar-refractivity contribution in [3.8, 4) is 0 Å². The molecule has 3 heteroatoms. The first-order chi connectivity index (χ1) is 8.34. The van der Waals surface area contributed by atoms with Gasteiger partial charge < -0.3 is 10.1 Å². The van der Waals surface area contributed by atoms with Gasteiger partial charge in [-0.2, -0.15) is 0 Å². The van der Waals surface area contributed by atoms with E-state index in [0.717, 1.165) is 26.2 Å². The molecule has 1 N–H and O–H groups in total. The molecule has 3 atom stereocenters. The predicted octanol–water partition coefficient (Wildman–Crippen LogP) is 2.51. The Morgan fingerprint density at radius 1 is 1.33 bits per heavy atom. The molecule has 0 bridgehead atoms. The molecule has 1 fully saturated rings. The van der Waals surface area contributed by atoms with Crippen LogP contribution in [0.2, 0.25) is 0 Å². The van der Waals surface area contributed by atoms with Gasteiger partial charge in [0.15, 0.2) is 0 Å². The summed E-state index contributed by atoms with van der Waals surface area (Å²) >= 11 is 0. The molecule has 1 aliphatic heterocycles. The van der Waals surface area contributed by atoms with Gasteiger partial charge in [0.05, 0.1) is 12.7 Å². The maximum atomic E-state index is 5.71. The second-order valence-corrected chi connectivity index (χ2v) is 6.82. The van der Waals surface area contributed by atoms with Gasteiger partial charge in [-0.3, -0.25) is 4.90 Å². The fraction of sp³-hybridized carbons (Fsp3) is 1.00. The number of nitrogens with one attached hydrogen (secondary N) is 1. The van der Waals surface area contributed by atoms with Crippen molar-refractivity contribution in [1.29, 1.82) is 0 Å². The van der Waals surface area contributed by atoms with Crippen molar-refractivity contribution in [3.05, 3.63) is 0 Å². The van der Waals surface area contributed by atoms with Gasteiger partial charge in [0.25, 0.3) is 0 Å². The van der Waals surface area contributed by atoms with Crippen LogP contribution in [0.1, 0.15) is 48.0 Å². The highest BCUT2D eigenvalue weighted by Crippen LogP contribution is 2.22. The first kappa shape index (κ1) is 15.9. The van der Waals surface area contributed by atoms with Gasteiger partial charge in [-0.15, -0.1) is 0 Å². The lowest BCUT2D eigenvalue weighted by molar-refractivity contribution is -0.0558. The molecule has 0 spiro atoms. The van der Waals surface area contributed by atoms with Gasteiger partial charge in [0, 0.05) is 25.2 Å². The lowest BCUT2D eigenvalue weighted by Gasteiger charge is -2.42. The summed E-state index contributed by atoms with van der Waals surface area (Å²) in [6.07, 6.45) is 1.56. The third kappa shape index (κ3) is 4.87. The van der Waals surface area contributed by atoms with Crippen LogP contribution < -0.4 is 5.32 Å². The fourth-order valence-corrected chi connectivity index (χ4v) is 2.42. The van der Waals surface area contributed by atoms with E-state index < -0.39 is 0 Å². The molecule has 108 valence electrons. The standard InChI is InChI=1S/C15H32N2O/c1-7-8-16-14(15(4,5)6)10-17-9-13(3)18-11-12(17)2/h12-14,16H,7-11H2,1-6H3. The van der Waals surface area contributed by atoms with Crippen LogP contribution in [0.25, 0.3) is 0 Å². The number of rotatable bonds is 5. The summed E-state index contributed by atoms with van der Waals surface area (Å²) in [6.45, 7) is 17.8. The Labute approximate surface area is 113 Å². The summed E-state index contributed by atoms with van der Waals surface area (Å²) in [5.74, 6) is 0. The molecule has 1 aliphatic rings. The van der Waals surface area contributed by atoms with Gasteiger partial charge in [-0.1, -0.05) is 27.7 Å². The summed E-state index contributed by atoms with van der Waals surface area (Å²) in [5, 5.41) is 3.71. The molecule has 0 amide bonds. The second-order valence-electron chi connectivity index (χ2n) is 6.82. The van der Waals surface area contributed by atoms with Crippen LogP contribution in [0.4, 0.5) is 0 Å². The average molecular weight is 256 g/mol. The Hall–Kier alpha value is -0.120. The number of nitrogens with zero attached hydrogens (tertiary/aromatic N) is 1. The molecule has 1 heterocycles. The largest absolute Gasteiger partial charge is 0.376 e. The molecule has 1 saturated heterocycles. The Morgan fingerprint density at radius 2 is 2.00 bits per heavy atom. The first-order valence-corrected chi connectivity index (χ1v) is 7.43. The second kappa shape index (κ2) is 6.88. The SMILES string of the molecule is CCCNC(CN1CC(C)OCC1C)C(C)(C)C. The highest BCUT2D eigenvalue weighted by atomic mass is 16.5. The molecule has 1 rings (SSSR count). The van der Waals surface area contributed by atoms with Gasteiger partial charge in [-0.25, -0.2) is 0 Å². The molecule has 0 saturated carbocycles. The zero-order chi connectivity index (χ0) is 13.8. The molecule has 0 aromatic carbocycles. The average Bonchev–Trinajstić information content (AvgIpc) is 2.27. The van der Waals surface area contributed by atoms with E-state index in [1.54, 1.807) is 0 Å². The Kier molecular flexibility index (Phi) is 6.09. The minimum atomic E-state index is 0.302. The van der Waals surface area contributed by atoms with Crippen LogP contribution in [0, 0.1) is 5.41 Å². The van der Waals surface area contributed by atoms with Crippen LogP contribution >= 0.6 is 0 Å². The van der Waals surface area contributed by atoms with Crippen molar-refractivity contribution in [3.63, 3.8) is 0 Å². The summed E-state index contributed by atoms with van der Waals surface area (Å²) in [4.78, 5) is 2.58. The normalized spacial score (nSPS) is 28.3. The van der Waals surface area contributed by atoms with E-state index in [9.17, 15) is 0 Å². The van der Waals surface area contributed by atoms with E-state index in [0.29, 0.717) is 23.6 Å². The summed E-state index contributed by atoms with van der Waals surface area (Å²) in [6, 6.07) is 1.08. The number of ether oxygens (including phenoxy) is 1. The smallest absolute Gasteiger partial charge is 0.0674 e. The molecular formula is C15H32N2O. The van der Waals surface area contributed by atoms with Crippen molar-refractivity contribution in [1.82, 2.24) is 10.2 Å². The predicted molar refractivity (Wildman–Crippen MR) is 78.0 cm³/mol. The molecular weight excluding hydrogens is 224 g/mol. The maximum absolute atomic E-state index is 5.71. The Bertz CT molecular complexity index is 237. The van der Waals surface area contributed by atoms with E-state index in [4.69, 9.17) is 4.74 Å². The quantitative estimate of drug-likeness (QED) is 0.818. The van der Waals surface area contributed by atoms with Crippen molar-refractivity contribution < 1.29 is 4.74 Å². The third-order valence-corrected chi connectivity index (χ3v) is 3.84. The third-order valence-electron chi connectivity index (χ3n) is 3.84. The zero-order valence-corrected chi connectivity index (χ0v) is 13.1. The minimum absolute atomic E-state index is 0.302. The van der Waals surface area contributed by atoms with Crippen LogP contribution in [0.3, 0.4) is 0 Å². The molecule has 0 aromatic heterocycles. The van der Waals surface area contributed by atoms with E-state index in [1.165, 1.54) is 6.42 Å². The summed E-state index contributed by atoms with van der Waals surface area (Å²) in [7, 11) is 0. The Balaban J connectivity index is 2.58. The molecule has 0 aromatic rings. The maximum Gasteiger partial charge on any atom is 0.0674 e. The molecule has 3 nitrogen and oxygen atoms in total. The van der Waals surface area contributed by atoms with Crippen molar-refractivity contribution in [2.75, 3.05) is 26.2 Å². The molecule has 3 unspecified atom stereocenters. The van der Waals surface area contributed by atoms with E-state index in [2.05, 4.69) is 51.8 Å². The number of morpholine rings is 1. The number of hydrogen-bond donors (Lipinski definition) is 1. The van der Waals surface area contributed by atoms with Crippen LogP contribution in [0.15, 0.2) is 0 Å².